The number of halogens is 2. The number of nitrogens with zero attached hydrogens (tertiary/aromatic N) is 5. The summed E-state index contributed by atoms with van der Waals surface area (Å²) in [4.78, 5) is 29.9. The number of ether oxygens (including phenoxy) is 2. The van der Waals surface area contributed by atoms with Gasteiger partial charge in [-0.05, 0) is 82.7 Å². The van der Waals surface area contributed by atoms with Gasteiger partial charge in [0.2, 0.25) is 0 Å². The Bertz CT molecular complexity index is 1510. The quantitative estimate of drug-likeness (QED) is 0.0421. The molecular formula is C31H44Cl2N7O5PS. The SMILES string of the molecule is C/C=C\C(Cl)=C(/CC)COC(=O)C(C)(C)NP(OCC(CC(C)n1cnc2c(N(C)NSC)ncnc21)OC)Oc1ccc(Cl)cc1. The van der Waals surface area contributed by atoms with Crippen molar-refractivity contribution in [3.63, 3.8) is 0 Å². The number of hydrazine groups is 1. The molecule has 3 rings (SSSR count). The molecule has 0 bridgehead atoms. The summed E-state index contributed by atoms with van der Waals surface area (Å²) in [6.07, 6.45) is 9.72. The smallest absolute Gasteiger partial charge is 0.326 e. The van der Waals surface area contributed by atoms with Crippen molar-refractivity contribution in [2.75, 3.05) is 38.6 Å². The van der Waals surface area contributed by atoms with Crippen molar-refractivity contribution in [1.82, 2.24) is 29.4 Å². The van der Waals surface area contributed by atoms with Crippen LogP contribution < -0.4 is 19.5 Å². The zero-order valence-electron chi connectivity index (χ0n) is 28.0. The molecule has 0 fully saturated rings. The van der Waals surface area contributed by atoms with E-state index in [1.54, 1.807) is 62.6 Å². The largest absolute Gasteiger partial charge is 0.460 e. The number of anilines is 1. The minimum atomic E-state index is -1.84. The fourth-order valence-corrected chi connectivity index (χ4v) is 6.47. The lowest BCUT2D eigenvalue weighted by Gasteiger charge is -2.30. The number of hydrogen-bond donors (Lipinski definition) is 2. The van der Waals surface area contributed by atoms with Crippen LogP contribution in [0.3, 0.4) is 0 Å². The van der Waals surface area contributed by atoms with Crippen LogP contribution in [0.1, 0.15) is 53.5 Å². The molecule has 0 aliphatic rings. The number of benzene rings is 1. The number of nitrogens with one attached hydrogen (secondary N) is 2. The van der Waals surface area contributed by atoms with Crippen LogP contribution in [0.4, 0.5) is 5.82 Å². The maximum absolute atomic E-state index is 13.2. The Morgan fingerprint density at radius 2 is 1.96 bits per heavy atom. The molecule has 47 heavy (non-hydrogen) atoms. The summed E-state index contributed by atoms with van der Waals surface area (Å²) in [6.45, 7) is 9.57. The molecular weight excluding hydrogens is 684 g/mol. The second kappa shape index (κ2) is 18.9. The average molecular weight is 729 g/mol. The Kier molecular flexibility index (Phi) is 15.7. The maximum atomic E-state index is 13.2. The zero-order chi connectivity index (χ0) is 34.6. The predicted octanol–water partition coefficient (Wildman–Crippen LogP) is 7.38. The van der Waals surface area contributed by atoms with E-state index in [-0.39, 0.29) is 25.4 Å². The van der Waals surface area contributed by atoms with E-state index in [1.807, 2.05) is 37.8 Å². The summed E-state index contributed by atoms with van der Waals surface area (Å²) in [5.74, 6) is 0.713. The molecule has 2 heterocycles. The van der Waals surface area contributed by atoms with Gasteiger partial charge in [-0.1, -0.05) is 48.1 Å². The highest BCUT2D eigenvalue weighted by molar-refractivity contribution is 7.96. The Balaban J connectivity index is 1.73. The summed E-state index contributed by atoms with van der Waals surface area (Å²) < 4.78 is 25.9. The van der Waals surface area contributed by atoms with Crippen LogP contribution in [-0.2, 0) is 18.8 Å². The highest BCUT2D eigenvalue weighted by Crippen LogP contribution is 2.39. The van der Waals surface area contributed by atoms with Gasteiger partial charge < -0.3 is 23.1 Å². The Morgan fingerprint density at radius 3 is 2.60 bits per heavy atom. The standard InChI is InChI=1S/C31H44Cl2N7O5PS/c1-9-11-26(33)22(10-2)17-43-30(41)31(4,5)37-46(45-24-14-12-23(32)13-15-24)44-18-25(42-7)16-21(3)40-20-36-27-28(39(6)38-47-8)34-19-35-29(27)40/h9,11-15,19-21,25,37-38H,10,16-18H2,1-8H3/b11-9-,26-22-. The van der Waals surface area contributed by atoms with Gasteiger partial charge in [0.05, 0.1) is 19.0 Å². The van der Waals surface area contributed by atoms with Crippen LogP contribution in [0.5, 0.6) is 5.75 Å². The highest BCUT2D eigenvalue weighted by Gasteiger charge is 2.35. The average Bonchev–Trinajstić information content (AvgIpc) is 3.49. The third kappa shape index (κ3) is 11.3. The molecule has 258 valence electrons. The van der Waals surface area contributed by atoms with Crippen molar-refractivity contribution in [3.8, 4) is 5.75 Å². The molecule has 0 aliphatic heterocycles. The van der Waals surface area contributed by atoms with E-state index >= 15 is 0 Å². The van der Waals surface area contributed by atoms with E-state index in [0.29, 0.717) is 45.6 Å². The summed E-state index contributed by atoms with van der Waals surface area (Å²) in [6, 6.07) is 6.86. The van der Waals surface area contributed by atoms with E-state index in [4.69, 9.17) is 41.7 Å². The maximum Gasteiger partial charge on any atom is 0.326 e. The molecule has 1 aromatic carbocycles. The third-order valence-electron chi connectivity index (χ3n) is 7.01. The van der Waals surface area contributed by atoms with E-state index in [0.717, 1.165) is 5.57 Å². The number of hydrogen-bond acceptors (Lipinski definition) is 12. The lowest BCUT2D eigenvalue weighted by atomic mass is 10.1. The number of carbonyl (C=O) groups excluding carboxylic acids is 1. The van der Waals surface area contributed by atoms with Gasteiger partial charge in [-0.25, -0.2) is 20.0 Å². The molecule has 0 radical (unpaired) electrons. The van der Waals surface area contributed by atoms with Crippen molar-refractivity contribution >= 4 is 66.6 Å². The van der Waals surface area contributed by atoms with Gasteiger partial charge in [0.15, 0.2) is 17.0 Å². The summed E-state index contributed by atoms with van der Waals surface area (Å²) >= 11 is 13.9. The number of aromatic nitrogens is 4. The molecule has 16 heteroatoms. The topological polar surface area (TPSA) is 125 Å². The number of carbonyl (C=O) groups is 1. The molecule has 2 aromatic heterocycles. The number of rotatable bonds is 19. The van der Waals surface area contributed by atoms with Gasteiger partial charge in [-0.15, -0.1) is 0 Å². The van der Waals surface area contributed by atoms with Crippen LogP contribution in [-0.4, -0.2) is 70.8 Å². The molecule has 0 saturated carbocycles. The molecule has 0 amide bonds. The van der Waals surface area contributed by atoms with Crippen LogP contribution in [0.25, 0.3) is 11.2 Å². The van der Waals surface area contributed by atoms with Crippen LogP contribution >= 0.6 is 43.7 Å². The van der Waals surface area contributed by atoms with Gasteiger partial charge in [0.1, 0.15) is 24.2 Å². The second-order valence-electron chi connectivity index (χ2n) is 11.0. The first-order valence-electron chi connectivity index (χ1n) is 15.0. The van der Waals surface area contributed by atoms with Crippen molar-refractivity contribution in [3.05, 3.63) is 64.7 Å². The molecule has 3 aromatic rings. The monoisotopic (exact) mass is 727 g/mol. The van der Waals surface area contributed by atoms with E-state index in [1.165, 1.54) is 18.3 Å². The summed E-state index contributed by atoms with van der Waals surface area (Å²) in [5, 5.41) is 6.14. The lowest BCUT2D eigenvalue weighted by Crippen LogP contribution is -2.46. The van der Waals surface area contributed by atoms with E-state index < -0.39 is 20.0 Å². The number of allylic oxidation sites excluding steroid dienone is 3. The first-order valence-corrected chi connectivity index (χ1v) is 18.1. The second-order valence-corrected chi connectivity index (χ2v) is 13.6. The molecule has 3 atom stereocenters. The van der Waals surface area contributed by atoms with Gasteiger partial charge >= 0.3 is 14.5 Å². The third-order valence-corrected chi connectivity index (χ3v) is 9.62. The van der Waals surface area contributed by atoms with Gasteiger partial charge in [0, 0.05) is 30.3 Å². The predicted molar refractivity (Wildman–Crippen MR) is 192 cm³/mol. The van der Waals surface area contributed by atoms with Crippen molar-refractivity contribution < 1.29 is 23.3 Å². The van der Waals surface area contributed by atoms with Crippen LogP contribution in [0, 0.1) is 0 Å². The highest BCUT2D eigenvalue weighted by atomic mass is 35.5. The zero-order valence-corrected chi connectivity index (χ0v) is 31.2. The fraction of sp³-hybridized carbons (Fsp3) is 0.484. The van der Waals surface area contributed by atoms with Gasteiger partial charge in [-0.3, -0.25) is 9.80 Å². The number of methoxy groups -OCH3 is 1. The van der Waals surface area contributed by atoms with Crippen molar-refractivity contribution in [2.45, 2.75) is 65.1 Å². The van der Waals surface area contributed by atoms with Crippen molar-refractivity contribution in [1.29, 1.82) is 0 Å². The number of esters is 1. The number of imidazole rings is 1. The lowest BCUT2D eigenvalue weighted by molar-refractivity contribution is -0.148. The molecule has 0 aliphatic carbocycles. The van der Waals surface area contributed by atoms with Crippen LogP contribution in [0.15, 0.2) is 59.7 Å². The first-order chi connectivity index (χ1) is 22.4. The first kappa shape index (κ1) is 39.0. The normalized spacial score (nSPS) is 14.6. The minimum absolute atomic E-state index is 0.0481. The molecule has 3 unspecified atom stereocenters. The molecule has 0 spiro atoms. The molecule has 0 saturated heterocycles. The van der Waals surface area contributed by atoms with Crippen molar-refractivity contribution in [2.24, 2.45) is 0 Å². The molecule has 2 N–H and O–H groups in total. The molecule has 12 nitrogen and oxygen atoms in total. The summed E-state index contributed by atoms with van der Waals surface area (Å²) in [5.41, 5.74) is 1.04. The Labute approximate surface area is 292 Å². The van der Waals surface area contributed by atoms with Gasteiger partial charge in [-0.2, -0.15) is 4.83 Å². The van der Waals surface area contributed by atoms with Crippen LogP contribution in [0.2, 0.25) is 5.02 Å². The minimum Gasteiger partial charge on any atom is -0.460 e. The Hall–Kier alpha value is -2.48. The van der Waals surface area contributed by atoms with E-state index in [2.05, 4.69) is 31.8 Å². The Morgan fingerprint density at radius 1 is 1.23 bits per heavy atom. The van der Waals surface area contributed by atoms with Gasteiger partial charge in [0.25, 0.3) is 0 Å². The van der Waals surface area contributed by atoms with E-state index in [9.17, 15) is 4.79 Å². The number of fused-ring (bicyclic) bond motifs is 1. The summed E-state index contributed by atoms with van der Waals surface area (Å²) in [7, 11) is 1.66. The fourth-order valence-electron chi connectivity index (χ4n) is 4.35.